The van der Waals surface area contributed by atoms with Crippen LogP contribution in [-0.2, 0) is 22.6 Å². The second kappa shape index (κ2) is 15.7. The summed E-state index contributed by atoms with van der Waals surface area (Å²) in [7, 11) is 4.66. The average Bonchev–Trinajstić information content (AvgIpc) is 3.49. The van der Waals surface area contributed by atoms with E-state index in [1.807, 2.05) is 42.7 Å². The van der Waals surface area contributed by atoms with E-state index in [0.29, 0.717) is 65.6 Å². The molecule has 3 aromatic carbocycles. The molecule has 4 aromatic rings. The highest BCUT2D eigenvalue weighted by molar-refractivity contribution is 7.98. The zero-order valence-corrected chi connectivity index (χ0v) is 28.5. The molecule has 1 heterocycles. The largest absolute Gasteiger partial charge is 0.493 e. The summed E-state index contributed by atoms with van der Waals surface area (Å²) in [5.74, 6) is 1.64. The molecular formula is C35H40N6O6S. The molecule has 2 atom stereocenters. The molecule has 0 bridgehead atoms. The Labute approximate surface area is 283 Å². The summed E-state index contributed by atoms with van der Waals surface area (Å²) in [6.45, 7) is 2.02. The second-order valence-electron chi connectivity index (χ2n) is 11.4. The SMILES string of the molecule is COc1cc2c(c(OC)c1OC)-c1ccc(N[C@@H](CCSC)C(=O)Nc3ccc(Cn4cncn4)cc3)c(=O)cc1[C@@H](NC(C)=O)CC2. The molecule has 1 aromatic heterocycles. The number of nitrogens with zero attached hydrogens (tertiary/aromatic N) is 3. The quantitative estimate of drug-likeness (QED) is 0.183. The molecule has 252 valence electrons. The monoisotopic (exact) mass is 672 g/mol. The number of amides is 2. The summed E-state index contributed by atoms with van der Waals surface area (Å²) < 4.78 is 18.9. The average molecular weight is 673 g/mol. The molecule has 3 N–H and O–H groups in total. The number of hydrogen-bond acceptors (Lipinski definition) is 10. The van der Waals surface area contributed by atoms with E-state index in [0.717, 1.165) is 16.7 Å². The molecule has 0 fully saturated rings. The van der Waals surface area contributed by atoms with Gasteiger partial charge in [-0.3, -0.25) is 14.4 Å². The predicted molar refractivity (Wildman–Crippen MR) is 187 cm³/mol. The van der Waals surface area contributed by atoms with Gasteiger partial charge in [-0.1, -0.05) is 18.2 Å². The summed E-state index contributed by atoms with van der Waals surface area (Å²) in [5.41, 5.74) is 4.62. The second-order valence-corrected chi connectivity index (χ2v) is 12.3. The van der Waals surface area contributed by atoms with Gasteiger partial charge in [0.1, 0.15) is 18.7 Å². The maximum atomic E-state index is 13.9. The van der Waals surface area contributed by atoms with E-state index in [1.165, 1.54) is 13.3 Å². The Morgan fingerprint density at radius 2 is 1.81 bits per heavy atom. The Bertz CT molecular complexity index is 1820. The lowest BCUT2D eigenvalue weighted by Crippen LogP contribution is -2.36. The zero-order valence-electron chi connectivity index (χ0n) is 27.7. The highest BCUT2D eigenvalue weighted by Gasteiger charge is 2.30. The van der Waals surface area contributed by atoms with E-state index >= 15 is 0 Å². The van der Waals surface area contributed by atoms with Gasteiger partial charge in [-0.05, 0) is 83.9 Å². The van der Waals surface area contributed by atoms with Crippen molar-refractivity contribution in [3.8, 4) is 28.4 Å². The van der Waals surface area contributed by atoms with Crippen molar-refractivity contribution in [1.29, 1.82) is 0 Å². The number of carbonyl (C=O) groups is 2. The van der Waals surface area contributed by atoms with Crippen LogP contribution in [0.4, 0.5) is 11.4 Å². The first-order valence-electron chi connectivity index (χ1n) is 15.5. The summed E-state index contributed by atoms with van der Waals surface area (Å²) in [5, 5.41) is 13.4. The Balaban J connectivity index is 1.50. The van der Waals surface area contributed by atoms with Crippen LogP contribution in [0, 0.1) is 0 Å². The predicted octanol–water partition coefficient (Wildman–Crippen LogP) is 4.68. The summed E-state index contributed by atoms with van der Waals surface area (Å²) in [6, 6.07) is 13.4. The minimum Gasteiger partial charge on any atom is -0.493 e. The fraction of sp³-hybridized carbons (Fsp3) is 0.343. The fourth-order valence-electron chi connectivity index (χ4n) is 5.94. The van der Waals surface area contributed by atoms with Crippen LogP contribution in [0.2, 0.25) is 0 Å². The Morgan fingerprint density at radius 3 is 2.46 bits per heavy atom. The fourth-order valence-corrected chi connectivity index (χ4v) is 6.41. The standard InChI is InChI=1S/C35H40N6O6S/c1-21(42)38-27-12-8-23-16-31(45-2)33(46-3)34(47-4)32(23)25-11-13-28(30(43)17-26(25)27)40-29(14-15-48-5)35(44)39-24-9-6-22(7-10-24)18-41-20-36-19-37-41/h6-7,9-11,13,16-17,19-20,27,29H,8,12,14-15,18H2,1-5H3,(H,38,42)(H,39,44)(H,40,43)/t27-,29-/m0/s1. The van der Waals surface area contributed by atoms with Crippen molar-refractivity contribution >= 4 is 35.0 Å². The van der Waals surface area contributed by atoms with E-state index in [4.69, 9.17) is 14.2 Å². The Kier molecular flexibility index (Phi) is 11.2. The highest BCUT2D eigenvalue weighted by Crippen LogP contribution is 2.50. The van der Waals surface area contributed by atoms with Crippen LogP contribution in [0.15, 0.2) is 66.0 Å². The maximum absolute atomic E-state index is 13.9. The first-order valence-corrected chi connectivity index (χ1v) is 16.9. The summed E-state index contributed by atoms with van der Waals surface area (Å²) in [6.07, 6.45) is 6.72. The van der Waals surface area contributed by atoms with Crippen LogP contribution in [0.5, 0.6) is 17.2 Å². The Morgan fingerprint density at radius 1 is 1.04 bits per heavy atom. The molecule has 5 rings (SSSR count). The molecule has 12 nitrogen and oxygen atoms in total. The molecule has 0 unspecified atom stereocenters. The summed E-state index contributed by atoms with van der Waals surface area (Å²) >= 11 is 1.61. The molecule has 0 spiro atoms. The first-order chi connectivity index (χ1) is 23.3. The molecule has 13 heteroatoms. The number of thioether (sulfide) groups is 1. The third-order valence-electron chi connectivity index (χ3n) is 8.21. The van der Waals surface area contributed by atoms with Gasteiger partial charge in [-0.2, -0.15) is 16.9 Å². The van der Waals surface area contributed by atoms with Gasteiger partial charge in [0.15, 0.2) is 11.5 Å². The molecule has 0 saturated heterocycles. The van der Waals surface area contributed by atoms with E-state index < -0.39 is 12.1 Å². The topological polar surface area (TPSA) is 146 Å². The third kappa shape index (κ3) is 7.73. The number of methoxy groups -OCH3 is 3. The van der Waals surface area contributed by atoms with Crippen molar-refractivity contribution < 1.29 is 23.8 Å². The van der Waals surface area contributed by atoms with E-state index in [9.17, 15) is 14.4 Å². The van der Waals surface area contributed by atoms with Gasteiger partial charge >= 0.3 is 0 Å². The molecule has 0 saturated carbocycles. The van der Waals surface area contributed by atoms with Gasteiger partial charge in [0.2, 0.25) is 23.0 Å². The van der Waals surface area contributed by atoms with Gasteiger partial charge in [-0.15, -0.1) is 0 Å². The van der Waals surface area contributed by atoms with Gasteiger partial charge in [0, 0.05) is 18.2 Å². The molecule has 0 aliphatic heterocycles. The van der Waals surface area contributed by atoms with E-state index in [2.05, 4.69) is 26.0 Å². The van der Waals surface area contributed by atoms with Gasteiger partial charge in [-0.25, -0.2) is 9.67 Å². The van der Waals surface area contributed by atoms with Crippen molar-refractivity contribution in [1.82, 2.24) is 20.1 Å². The number of rotatable bonds is 13. The minimum absolute atomic E-state index is 0.212. The number of fused-ring (bicyclic) bond motifs is 3. The van der Waals surface area contributed by atoms with E-state index in [-0.39, 0.29) is 22.9 Å². The number of anilines is 2. The van der Waals surface area contributed by atoms with Crippen LogP contribution in [0.3, 0.4) is 0 Å². The molecule has 48 heavy (non-hydrogen) atoms. The number of aryl methyl sites for hydroxylation is 1. The van der Waals surface area contributed by atoms with Crippen LogP contribution in [0.25, 0.3) is 11.1 Å². The van der Waals surface area contributed by atoms with Crippen molar-refractivity contribution in [2.45, 2.75) is 44.8 Å². The van der Waals surface area contributed by atoms with Crippen LogP contribution < -0.4 is 35.6 Å². The first kappa shape index (κ1) is 34.3. The lowest BCUT2D eigenvalue weighted by molar-refractivity contribution is -0.120. The normalized spacial score (nSPS) is 14.1. The molecule has 0 radical (unpaired) electrons. The van der Waals surface area contributed by atoms with Crippen LogP contribution in [-0.4, -0.2) is 66.0 Å². The zero-order chi connectivity index (χ0) is 34.2. The smallest absolute Gasteiger partial charge is 0.246 e. The third-order valence-corrected chi connectivity index (χ3v) is 8.85. The molecular weight excluding hydrogens is 632 g/mol. The lowest BCUT2D eigenvalue weighted by atomic mass is 9.95. The number of benzene rings is 2. The maximum Gasteiger partial charge on any atom is 0.246 e. The lowest BCUT2D eigenvalue weighted by Gasteiger charge is -2.19. The minimum atomic E-state index is -0.695. The van der Waals surface area contributed by atoms with Crippen LogP contribution >= 0.6 is 11.8 Å². The van der Waals surface area contributed by atoms with E-state index in [1.54, 1.807) is 56.2 Å². The van der Waals surface area contributed by atoms with Gasteiger partial charge in [0.25, 0.3) is 0 Å². The van der Waals surface area contributed by atoms with Gasteiger partial charge < -0.3 is 30.2 Å². The summed E-state index contributed by atoms with van der Waals surface area (Å²) in [4.78, 5) is 43.8. The molecule has 2 amide bonds. The number of ether oxygens (including phenoxy) is 3. The Hall–Kier alpha value is -5.04. The van der Waals surface area contributed by atoms with Gasteiger partial charge in [0.05, 0.1) is 39.6 Å². The van der Waals surface area contributed by atoms with Crippen LogP contribution in [0.1, 0.15) is 42.5 Å². The number of hydrogen-bond donors (Lipinski definition) is 3. The number of carbonyl (C=O) groups excluding carboxylic acids is 2. The number of aromatic nitrogens is 3. The molecule has 1 aliphatic carbocycles. The van der Waals surface area contributed by atoms with Crippen molar-refractivity contribution in [3.05, 3.63) is 88.1 Å². The van der Waals surface area contributed by atoms with Crippen molar-refractivity contribution in [2.24, 2.45) is 0 Å². The molecule has 1 aliphatic rings. The number of nitrogens with one attached hydrogen (secondary N) is 3. The van der Waals surface area contributed by atoms with Crippen molar-refractivity contribution in [3.63, 3.8) is 0 Å². The van der Waals surface area contributed by atoms with Crippen molar-refractivity contribution in [2.75, 3.05) is 44.0 Å². The highest BCUT2D eigenvalue weighted by atomic mass is 32.2.